The minimum absolute atomic E-state index is 0.171. The molecule has 8 nitrogen and oxygen atoms in total. The van der Waals surface area contributed by atoms with Gasteiger partial charge in [-0.1, -0.05) is 168 Å². The number of hydrogen-bond acceptors (Lipinski definition) is 6. The van der Waals surface area contributed by atoms with Crippen molar-refractivity contribution in [3.05, 3.63) is 0 Å². The molecule has 8 heteroatoms. The normalized spacial score (nSPS) is 12.0. The Kier molecular flexibility index (Phi) is 34.9. The third kappa shape index (κ3) is 33.1. The zero-order chi connectivity index (χ0) is 37.7. The highest BCUT2D eigenvalue weighted by Gasteiger charge is 2.27. The molecule has 0 heterocycles. The van der Waals surface area contributed by atoms with E-state index in [1.165, 1.54) is 128 Å². The first-order valence-corrected chi connectivity index (χ1v) is 21.9. The monoisotopic (exact) mass is 727 g/mol. The van der Waals surface area contributed by atoms with Crippen molar-refractivity contribution < 1.29 is 38.2 Å². The number of nitrogens with zero attached hydrogens (tertiary/aromatic N) is 2. The van der Waals surface area contributed by atoms with Gasteiger partial charge in [-0.05, 0) is 12.8 Å². The Morgan fingerprint density at radius 3 is 0.961 bits per heavy atom. The first-order valence-electron chi connectivity index (χ1n) is 21.9. The number of rotatable bonds is 40. The van der Waals surface area contributed by atoms with Gasteiger partial charge in [-0.25, -0.2) is 0 Å². The van der Waals surface area contributed by atoms with E-state index in [-0.39, 0.29) is 25.2 Å². The van der Waals surface area contributed by atoms with Gasteiger partial charge in [0.05, 0.1) is 79.4 Å². The molecule has 51 heavy (non-hydrogen) atoms. The van der Waals surface area contributed by atoms with Crippen LogP contribution in [0.15, 0.2) is 0 Å². The van der Waals surface area contributed by atoms with Gasteiger partial charge in [-0.15, -0.1) is 0 Å². The van der Waals surface area contributed by atoms with Crippen LogP contribution in [0, 0.1) is 0 Å². The van der Waals surface area contributed by atoms with E-state index in [2.05, 4.69) is 20.9 Å². The SMILES string of the molecule is CCCCCCCCCCCCCCOC(=O)CC[N+](C)(CCC[N+](C)(CC[O-])CC[O-])CCC(=O)OCCCCCCCCCCCCCC. The Balaban J connectivity index is 4.43. The molecular formula is C43H86N2O6. The summed E-state index contributed by atoms with van der Waals surface area (Å²) in [4.78, 5) is 25.4. The molecule has 304 valence electrons. The summed E-state index contributed by atoms with van der Waals surface area (Å²) < 4.78 is 12.2. The summed E-state index contributed by atoms with van der Waals surface area (Å²) in [5.74, 6) is -0.342. The van der Waals surface area contributed by atoms with Gasteiger partial charge in [-0.2, -0.15) is 0 Å². The predicted molar refractivity (Wildman–Crippen MR) is 209 cm³/mol. The first-order chi connectivity index (χ1) is 24.7. The van der Waals surface area contributed by atoms with Crippen LogP contribution in [0.2, 0.25) is 0 Å². The molecule has 0 aromatic carbocycles. The number of hydrogen-bond donors (Lipinski definition) is 0. The van der Waals surface area contributed by atoms with Crippen LogP contribution in [0.4, 0.5) is 0 Å². The molecule has 0 aromatic heterocycles. The summed E-state index contributed by atoms with van der Waals surface area (Å²) in [5.41, 5.74) is 0. The van der Waals surface area contributed by atoms with Crippen LogP contribution in [0.1, 0.15) is 187 Å². The average Bonchev–Trinajstić information content (AvgIpc) is 3.10. The van der Waals surface area contributed by atoms with Crippen LogP contribution in [-0.2, 0) is 19.1 Å². The number of carbonyl (C=O) groups excluding carboxylic acids is 2. The van der Waals surface area contributed by atoms with Crippen LogP contribution in [0.3, 0.4) is 0 Å². The van der Waals surface area contributed by atoms with Gasteiger partial charge in [0.15, 0.2) is 0 Å². The second-order valence-electron chi connectivity index (χ2n) is 16.1. The van der Waals surface area contributed by atoms with Crippen molar-refractivity contribution in [1.29, 1.82) is 0 Å². The highest BCUT2D eigenvalue weighted by atomic mass is 16.5. The molecule has 0 saturated heterocycles. The van der Waals surface area contributed by atoms with Crippen molar-refractivity contribution in [3.8, 4) is 0 Å². The molecule has 0 aliphatic carbocycles. The number of ether oxygens (including phenoxy) is 2. The molecule has 0 aliphatic heterocycles. The molecule has 0 N–H and O–H groups in total. The van der Waals surface area contributed by atoms with E-state index in [0.717, 1.165) is 45.2 Å². The maximum atomic E-state index is 12.7. The van der Waals surface area contributed by atoms with Gasteiger partial charge in [0.25, 0.3) is 0 Å². The lowest BCUT2D eigenvalue weighted by Gasteiger charge is -2.39. The Hall–Kier alpha value is -1.22. The van der Waals surface area contributed by atoms with Crippen molar-refractivity contribution in [2.75, 3.05) is 79.8 Å². The van der Waals surface area contributed by atoms with E-state index in [9.17, 15) is 19.8 Å². The lowest BCUT2D eigenvalue weighted by Crippen LogP contribution is -2.54. The van der Waals surface area contributed by atoms with Crippen LogP contribution in [-0.4, -0.2) is 101 Å². The minimum Gasteiger partial charge on any atom is -0.850 e. The molecule has 0 bridgehead atoms. The van der Waals surface area contributed by atoms with Crippen LogP contribution in [0.25, 0.3) is 0 Å². The smallest absolute Gasteiger partial charge is 0.311 e. The van der Waals surface area contributed by atoms with E-state index in [0.29, 0.717) is 61.2 Å². The van der Waals surface area contributed by atoms with Crippen molar-refractivity contribution in [2.45, 2.75) is 187 Å². The summed E-state index contributed by atoms with van der Waals surface area (Å²) >= 11 is 0. The lowest BCUT2D eigenvalue weighted by molar-refractivity contribution is -0.932. The summed E-state index contributed by atoms with van der Waals surface area (Å²) in [6.07, 6.45) is 32.0. The van der Waals surface area contributed by atoms with Crippen LogP contribution >= 0.6 is 0 Å². The molecule has 0 unspecified atom stereocenters. The van der Waals surface area contributed by atoms with E-state index in [1.54, 1.807) is 0 Å². The van der Waals surface area contributed by atoms with E-state index >= 15 is 0 Å². The van der Waals surface area contributed by atoms with Crippen LogP contribution < -0.4 is 10.2 Å². The Bertz CT molecular complexity index is 728. The summed E-state index contributed by atoms with van der Waals surface area (Å²) in [5, 5.41) is 22.8. The number of quaternary nitrogens is 2. The van der Waals surface area contributed by atoms with Gasteiger partial charge in [0, 0.05) is 6.42 Å². The Morgan fingerprint density at radius 2 is 0.667 bits per heavy atom. The number of likely N-dealkylation sites (N-methyl/N-ethyl adjacent to an activating group) is 1. The predicted octanol–water partition coefficient (Wildman–Crippen LogP) is 8.26. The van der Waals surface area contributed by atoms with Crippen molar-refractivity contribution in [2.24, 2.45) is 0 Å². The zero-order valence-corrected chi connectivity index (χ0v) is 34.5. The van der Waals surface area contributed by atoms with Crippen molar-refractivity contribution in [1.82, 2.24) is 0 Å². The van der Waals surface area contributed by atoms with Crippen LogP contribution in [0.5, 0.6) is 0 Å². The second kappa shape index (κ2) is 35.8. The molecule has 0 aromatic rings. The fraction of sp³-hybridized carbons (Fsp3) is 0.953. The Morgan fingerprint density at radius 1 is 0.392 bits per heavy atom. The largest absolute Gasteiger partial charge is 0.850 e. The minimum atomic E-state index is -0.196. The van der Waals surface area contributed by atoms with Crippen molar-refractivity contribution in [3.63, 3.8) is 0 Å². The third-order valence-electron chi connectivity index (χ3n) is 10.9. The third-order valence-corrected chi connectivity index (χ3v) is 10.9. The summed E-state index contributed by atoms with van der Waals surface area (Å²) in [6, 6.07) is 0. The van der Waals surface area contributed by atoms with E-state index in [1.807, 2.05) is 7.05 Å². The molecule has 0 radical (unpaired) electrons. The number of esters is 2. The highest BCUT2D eigenvalue weighted by molar-refractivity contribution is 5.70. The van der Waals surface area contributed by atoms with Gasteiger partial charge >= 0.3 is 11.9 Å². The van der Waals surface area contributed by atoms with Gasteiger partial charge in [0.2, 0.25) is 0 Å². The quantitative estimate of drug-likeness (QED) is 0.0358. The van der Waals surface area contributed by atoms with Crippen molar-refractivity contribution >= 4 is 11.9 Å². The highest BCUT2D eigenvalue weighted by Crippen LogP contribution is 2.15. The number of carbonyl (C=O) groups is 2. The van der Waals surface area contributed by atoms with E-state index in [4.69, 9.17) is 9.47 Å². The molecule has 0 saturated carbocycles. The second-order valence-corrected chi connectivity index (χ2v) is 16.1. The molecule has 0 aliphatic rings. The fourth-order valence-corrected chi connectivity index (χ4v) is 7.07. The standard InChI is InChI=1S/C43H86N2O6/c1-5-7-9-11-13-15-17-19-21-23-25-27-40-50-42(48)30-34-44(3,32-29-33-45(4,36-38-46)37-39-47)35-31-43(49)51-41-28-26-24-22-20-18-16-14-12-10-8-6-2/h5-41H2,1-4H3. The molecule has 0 spiro atoms. The molecule has 0 rings (SSSR count). The Labute approximate surface area is 316 Å². The van der Waals surface area contributed by atoms with Gasteiger partial charge < -0.3 is 28.7 Å². The van der Waals surface area contributed by atoms with Gasteiger partial charge in [-0.3, -0.25) is 9.59 Å². The van der Waals surface area contributed by atoms with E-state index < -0.39 is 0 Å². The molecule has 0 atom stereocenters. The average molecular weight is 727 g/mol. The number of unbranched alkanes of at least 4 members (excludes halogenated alkanes) is 22. The fourth-order valence-electron chi connectivity index (χ4n) is 7.07. The summed E-state index contributed by atoms with van der Waals surface area (Å²) in [6.45, 7) is 8.68. The lowest BCUT2D eigenvalue weighted by atomic mass is 10.1. The van der Waals surface area contributed by atoms with Gasteiger partial charge in [0.1, 0.15) is 0 Å². The maximum absolute atomic E-state index is 12.7. The first kappa shape index (κ1) is 49.8. The molecular weight excluding hydrogens is 640 g/mol. The summed E-state index contributed by atoms with van der Waals surface area (Å²) in [7, 11) is 4.09. The molecule has 0 fully saturated rings. The molecule has 0 amide bonds. The topological polar surface area (TPSA) is 98.7 Å². The zero-order valence-electron chi connectivity index (χ0n) is 34.5. The maximum Gasteiger partial charge on any atom is 0.311 e.